The smallest absolute Gasteiger partial charge is 0.336 e. The third kappa shape index (κ3) is 7.20. The van der Waals surface area contributed by atoms with Gasteiger partial charge in [-0.3, -0.25) is 14.4 Å². The van der Waals surface area contributed by atoms with Gasteiger partial charge in [-0.1, -0.05) is 0 Å². The van der Waals surface area contributed by atoms with Crippen LogP contribution in [0.1, 0.15) is 23.2 Å². The van der Waals surface area contributed by atoms with Crippen molar-refractivity contribution in [3.8, 4) is 17.2 Å². The van der Waals surface area contributed by atoms with Crippen LogP contribution in [0.25, 0.3) is 0 Å². The number of carbonyl (C=O) groups excluding carboxylic acids is 1. The molecule has 0 atom stereocenters. The first-order chi connectivity index (χ1) is 12.5. The zero-order chi connectivity index (χ0) is 21.2. The van der Waals surface area contributed by atoms with Crippen LogP contribution < -0.4 is 14.2 Å². The Labute approximate surface area is 153 Å². The quantitative estimate of drug-likeness (QED) is 0.427. The van der Waals surface area contributed by atoms with Crippen LogP contribution >= 0.6 is 0 Å². The van der Waals surface area contributed by atoms with E-state index in [1.807, 2.05) is 0 Å². The molecule has 0 radical (unpaired) electrons. The number of hydrogen-bond donors (Lipinski definition) is 4. The molecule has 150 valence electrons. The van der Waals surface area contributed by atoms with Gasteiger partial charge in [0.1, 0.15) is 6.29 Å². The summed E-state index contributed by atoms with van der Waals surface area (Å²) in [4.78, 5) is 41.1. The predicted octanol–water partition coefficient (Wildman–Crippen LogP) is 0.276. The van der Waals surface area contributed by atoms with Crippen molar-refractivity contribution >= 4 is 24.2 Å². The summed E-state index contributed by atoms with van der Waals surface area (Å²) in [6.07, 6.45) is -1.56. The average Bonchev–Trinajstić information content (AvgIpc) is 2.59. The Hall–Kier alpha value is -3.34. The summed E-state index contributed by atoms with van der Waals surface area (Å²) >= 11 is 0. The Morgan fingerprint density at radius 1 is 0.926 bits per heavy atom. The van der Waals surface area contributed by atoms with Gasteiger partial charge in [0, 0.05) is 5.56 Å². The van der Waals surface area contributed by atoms with Gasteiger partial charge in [-0.15, -0.1) is 0 Å². The Kier molecular flexibility index (Phi) is 9.29. The number of aliphatic carboxylic acids is 3. The van der Waals surface area contributed by atoms with Gasteiger partial charge in [0.05, 0.1) is 34.2 Å². The molecule has 0 heterocycles. The monoisotopic (exact) mass is 388 g/mol. The molecule has 0 spiro atoms. The van der Waals surface area contributed by atoms with Crippen molar-refractivity contribution < 1.29 is 53.8 Å². The molecule has 0 unspecified atom stereocenters. The molecule has 1 rings (SSSR count). The lowest BCUT2D eigenvalue weighted by atomic mass is 9.96. The second kappa shape index (κ2) is 10.6. The minimum Gasteiger partial charge on any atom is -0.493 e. The standard InChI is InChI=1S/C10H12O4.C6H8O7/c1-12-8-4-7(6-11)5-9(13-2)10(8)14-3;7-3(8)1-6(13,5(11)12)2-4(9)10/h4-6H,1-3H3;13H,1-2H2,(H,7,8)(H,9,10)(H,11,12). The van der Waals surface area contributed by atoms with E-state index < -0.39 is 36.4 Å². The third-order valence-corrected chi connectivity index (χ3v) is 3.11. The van der Waals surface area contributed by atoms with Crippen LogP contribution in [0.5, 0.6) is 17.2 Å². The molecule has 11 heteroatoms. The first-order valence-corrected chi connectivity index (χ1v) is 7.19. The summed E-state index contributed by atoms with van der Waals surface area (Å²) in [5, 5.41) is 33.8. The molecule has 11 nitrogen and oxygen atoms in total. The number of carbonyl (C=O) groups is 4. The van der Waals surface area contributed by atoms with Crippen LogP contribution in [0, 0.1) is 0 Å². The van der Waals surface area contributed by atoms with Gasteiger partial charge in [-0.25, -0.2) is 4.79 Å². The van der Waals surface area contributed by atoms with Crippen LogP contribution in [-0.2, 0) is 14.4 Å². The predicted molar refractivity (Wildman–Crippen MR) is 88.6 cm³/mol. The topological polar surface area (TPSA) is 177 Å². The molecule has 0 saturated heterocycles. The van der Waals surface area contributed by atoms with E-state index in [2.05, 4.69) is 0 Å². The lowest BCUT2D eigenvalue weighted by Crippen LogP contribution is -2.42. The Morgan fingerprint density at radius 3 is 1.56 bits per heavy atom. The van der Waals surface area contributed by atoms with Crippen LogP contribution in [0.2, 0.25) is 0 Å². The van der Waals surface area contributed by atoms with Crippen molar-refractivity contribution in [3.63, 3.8) is 0 Å². The number of carboxylic acids is 3. The van der Waals surface area contributed by atoms with Crippen molar-refractivity contribution in [1.29, 1.82) is 0 Å². The van der Waals surface area contributed by atoms with Gasteiger partial charge in [0.15, 0.2) is 17.1 Å². The molecule has 0 aliphatic carbocycles. The molecule has 0 fully saturated rings. The highest BCUT2D eigenvalue weighted by Gasteiger charge is 2.40. The number of hydrogen-bond acceptors (Lipinski definition) is 8. The summed E-state index contributed by atoms with van der Waals surface area (Å²) in [6, 6.07) is 3.18. The van der Waals surface area contributed by atoms with E-state index >= 15 is 0 Å². The molecule has 0 saturated carbocycles. The van der Waals surface area contributed by atoms with Gasteiger partial charge < -0.3 is 34.6 Å². The molecule has 4 N–H and O–H groups in total. The lowest BCUT2D eigenvalue weighted by molar-refractivity contribution is -0.170. The van der Waals surface area contributed by atoms with Crippen molar-refractivity contribution in [2.75, 3.05) is 21.3 Å². The Morgan fingerprint density at radius 2 is 1.33 bits per heavy atom. The summed E-state index contributed by atoms with van der Waals surface area (Å²) in [5.41, 5.74) is -2.25. The first kappa shape index (κ1) is 23.7. The second-order valence-corrected chi connectivity index (χ2v) is 5.05. The van der Waals surface area contributed by atoms with Crippen LogP contribution in [-0.4, -0.2) is 71.6 Å². The molecular weight excluding hydrogens is 368 g/mol. The Balaban J connectivity index is 0.000000503. The largest absolute Gasteiger partial charge is 0.493 e. The number of methoxy groups -OCH3 is 3. The number of ether oxygens (including phenoxy) is 3. The minimum absolute atomic E-state index is 0.481. The fraction of sp³-hybridized carbons (Fsp3) is 0.375. The number of rotatable bonds is 9. The molecular formula is C16H20O11. The molecule has 0 amide bonds. The van der Waals surface area contributed by atoms with E-state index in [9.17, 15) is 19.2 Å². The zero-order valence-corrected chi connectivity index (χ0v) is 14.8. The molecule has 1 aromatic rings. The minimum atomic E-state index is -2.74. The molecule has 0 aromatic heterocycles. The number of benzene rings is 1. The van der Waals surface area contributed by atoms with Crippen molar-refractivity contribution in [3.05, 3.63) is 17.7 Å². The summed E-state index contributed by atoms with van der Waals surface area (Å²) in [6.45, 7) is 0. The number of carboxylic acid groups (broad SMARTS) is 3. The highest BCUT2D eigenvalue weighted by Crippen LogP contribution is 2.37. The maximum Gasteiger partial charge on any atom is 0.336 e. The van der Waals surface area contributed by atoms with Crippen molar-refractivity contribution in [1.82, 2.24) is 0 Å². The highest BCUT2D eigenvalue weighted by molar-refractivity contribution is 5.88. The normalized spacial score (nSPS) is 10.1. The fourth-order valence-electron chi connectivity index (χ4n) is 1.88. The molecule has 27 heavy (non-hydrogen) atoms. The van der Waals surface area contributed by atoms with Gasteiger partial charge in [-0.05, 0) is 12.1 Å². The number of aldehydes is 1. The maximum atomic E-state index is 10.6. The van der Waals surface area contributed by atoms with E-state index in [-0.39, 0.29) is 0 Å². The van der Waals surface area contributed by atoms with Gasteiger partial charge in [0.25, 0.3) is 0 Å². The SMILES string of the molecule is COc1cc(C=O)cc(OC)c1OC.O=C(O)CC(O)(CC(=O)O)C(=O)O. The van der Waals surface area contributed by atoms with Gasteiger partial charge in [0.2, 0.25) is 5.75 Å². The lowest BCUT2D eigenvalue weighted by Gasteiger charge is -2.18. The van der Waals surface area contributed by atoms with E-state index in [1.165, 1.54) is 21.3 Å². The molecule has 0 bridgehead atoms. The van der Waals surface area contributed by atoms with E-state index in [1.54, 1.807) is 12.1 Å². The summed E-state index contributed by atoms with van der Waals surface area (Å²) in [5.74, 6) is -3.57. The van der Waals surface area contributed by atoms with E-state index in [0.29, 0.717) is 22.8 Å². The Bertz CT molecular complexity index is 655. The van der Waals surface area contributed by atoms with Gasteiger partial charge in [-0.2, -0.15) is 0 Å². The fourth-order valence-corrected chi connectivity index (χ4v) is 1.88. The van der Waals surface area contributed by atoms with Crippen LogP contribution in [0.4, 0.5) is 0 Å². The summed E-state index contributed by atoms with van der Waals surface area (Å²) in [7, 11) is 4.53. The van der Waals surface area contributed by atoms with Crippen LogP contribution in [0.15, 0.2) is 12.1 Å². The molecule has 0 aliphatic heterocycles. The molecule has 0 aliphatic rings. The van der Waals surface area contributed by atoms with E-state index in [4.69, 9.17) is 34.6 Å². The van der Waals surface area contributed by atoms with Crippen molar-refractivity contribution in [2.45, 2.75) is 18.4 Å². The van der Waals surface area contributed by atoms with Crippen LogP contribution in [0.3, 0.4) is 0 Å². The third-order valence-electron chi connectivity index (χ3n) is 3.11. The van der Waals surface area contributed by atoms with Crippen molar-refractivity contribution in [2.24, 2.45) is 0 Å². The average molecular weight is 388 g/mol. The number of aliphatic hydroxyl groups is 1. The second-order valence-electron chi connectivity index (χ2n) is 5.05. The first-order valence-electron chi connectivity index (χ1n) is 7.19. The summed E-state index contributed by atoms with van der Waals surface area (Å²) < 4.78 is 15.2. The molecule has 1 aromatic carbocycles. The maximum absolute atomic E-state index is 10.6. The zero-order valence-electron chi connectivity index (χ0n) is 14.8. The highest BCUT2D eigenvalue weighted by atomic mass is 16.5. The van der Waals surface area contributed by atoms with E-state index in [0.717, 1.165) is 6.29 Å². The van der Waals surface area contributed by atoms with Gasteiger partial charge >= 0.3 is 17.9 Å².